The molecule has 4 rings (SSSR count). The molecule has 0 amide bonds. The monoisotopic (exact) mass is 997 g/mol. The molecule has 0 saturated heterocycles. The molecule has 0 aromatic heterocycles. The lowest BCUT2D eigenvalue weighted by Crippen LogP contribution is -2.50. The van der Waals surface area contributed by atoms with E-state index in [1.807, 2.05) is 18.2 Å². The highest BCUT2D eigenvalue weighted by Gasteiger charge is 2.48. The van der Waals surface area contributed by atoms with Crippen molar-refractivity contribution in [1.29, 1.82) is 0 Å². The smallest absolute Gasteiger partial charge is 0.258 e. The Morgan fingerprint density at radius 1 is 0.338 bits per heavy atom. The Bertz CT molecular complexity index is 2110. The summed E-state index contributed by atoms with van der Waals surface area (Å²) in [5.41, 5.74) is 7.11. The van der Waals surface area contributed by atoms with Crippen LogP contribution in [0.5, 0.6) is 34.5 Å². The van der Waals surface area contributed by atoms with Gasteiger partial charge in [0.1, 0.15) is 34.5 Å². The van der Waals surface area contributed by atoms with Gasteiger partial charge >= 0.3 is 0 Å². The van der Waals surface area contributed by atoms with Crippen LogP contribution in [0.25, 0.3) is 24.3 Å². The molecule has 376 valence electrons. The fourth-order valence-electron chi connectivity index (χ4n) is 10.7. The number of phenolic OH excluding ortho intramolecular Hbond substituents is 2. The summed E-state index contributed by atoms with van der Waals surface area (Å²) in [5, 5.41) is 20.7. The molecule has 0 unspecified atom stereocenters. The van der Waals surface area contributed by atoms with Crippen LogP contribution < -0.4 is 17.7 Å². The van der Waals surface area contributed by atoms with E-state index < -0.39 is 33.3 Å². The molecule has 2 N–H and O–H groups in total. The number of benzene rings is 4. The topological polar surface area (TPSA) is 77.4 Å². The van der Waals surface area contributed by atoms with Crippen molar-refractivity contribution in [2.45, 2.75) is 194 Å². The summed E-state index contributed by atoms with van der Waals surface area (Å²) in [6, 6.07) is 34.5. The van der Waals surface area contributed by atoms with Gasteiger partial charge in [-0.25, -0.2) is 0 Å². The largest absolute Gasteiger partial charge is 0.544 e. The summed E-state index contributed by atoms with van der Waals surface area (Å²) in [7, 11) is -7.49. The number of hydrogen-bond donors (Lipinski definition) is 2. The minimum Gasteiger partial charge on any atom is -0.544 e. The summed E-state index contributed by atoms with van der Waals surface area (Å²) in [5.74, 6) is 3.96. The molecule has 0 aliphatic carbocycles. The molecule has 68 heavy (non-hydrogen) atoms. The lowest BCUT2D eigenvalue weighted by atomic mass is 10.1. The maximum atomic E-state index is 10.5. The first kappa shape index (κ1) is 58.3. The minimum atomic E-state index is -2.10. The quantitative estimate of drug-likeness (QED) is 0.0538. The predicted octanol–water partition coefficient (Wildman–Crippen LogP) is 19.0. The Hall–Kier alpha value is -3.97. The SMILES string of the molecule is CC(C)[Si](Oc1ccc(/C=C/c2cc(O)cc(O[Si](C(C)C)(C(C)C)C(C)C)c2)cc1)(C(C)C)C(C)C.CC[Si](CC)(CC)Oc1ccc(/C=C/c2cc(O)cc(O[Si](CC)(CC)CC)c2)cc1. The van der Waals surface area contributed by atoms with Crippen molar-refractivity contribution in [2.75, 3.05) is 0 Å². The summed E-state index contributed by atoms with van der Waals surface area (Å²) in [6.45, 7) is 40.9. The maximum Gasteiger partial charge on any atom is 0.258 e. The third-order valence-electron chi connectivity index (χ3n) is 15.1. The second kappa shape index (κ2) is 26.3. The van der Waals surface area contributed by atoms with Crippen LogP contribution in [-0.2, 0) is 0 Å². The van der Waals surface area contributed by atoms with Crippen molar-refractivity contribution in [2.24, 2.45) is 0 Å². The van der Waals surface area contributed by atoms with Crippen LogP contribution >= 0.6 is 0 Å². The highest BCUT2D eigenvalue weighted by Crippen LogP contribution is 2.45. The lowest BCUT2D eigenvalue weighted by Gasteiger charge is -2.42. The van der Waals surface area contributed by atoms with Crippen LogP contribution in [0.3, 0.4) is 0 Å². The van der Waals surface area contributed by atoms with Crippen LogP contribution in [0.2, 0.25) is 69.5 Å². The molecule has 0 bridgehead atoms. The lowest BCUT2D eigenvalue weighted by molar-refractivity contribution is 0.456. The average molecular weight is 998 g/mol. The Morgan fingerprint density at radius 2 is 0.588 bits per heavy atom. The molecule has 0 aliphatic heterocycles. The second-order valence-corrected chi connectivity index (χ2v) is 41.0. The number of aromatic hydroxyl groups is 2. The zero-order valence-electron chi connectivity index (χ0n) is 45.6. The summed E-state index contributed by atoms with van der Waals surface area (Å²) >= 11 is 0. The predicted molar refractivity (Wildman–Crippen MR) is 306 cm³/mol. The van der Waals surface area contributed by atoms with E-state index in [9.17, 15) is 10.2 Å². The van der Waals surface area contributed by atoms with Crippen LogP contribution in [0.1, 0.15) is 147 Å². The average Bonchev–Trinajstić information content (AvgIpc) is 3.29. The van der Waals surface area contributed by atoms with E-state index in [0.717, 1.165) is 81.5 Å². The van der Waals surface area contributed by atoms with Gasteiger partial charge in [-0.05, 0) is 140 Å². The molecule has 0 fully saturated rings. The van der Waals surface area contributed by atoms with Crippen molar-refractivity contribution >= 4 is 57.6 Å². The summed E-state index contributed by atoms with van der Waals surface area (Å²) in [4.78, 5) is 0. The first-order chi connectivity index (χ1) is 32.0. The van der Waals surface area contributed by atoms with Gasteiger partial charge in [-0.2, -0.15) is 0 Å². The Balaban J connectivity index is 0.000000366. The molecule has 0 spiro atoms. The fourth-order valence-corrected chi connectivity index (χ4v) is 26.4. The van der Waals surface area contributed by atoms with Gasteiger partial charge in [0.15, 0.2) is 0 Å². The number of phenols is 2. The normalized spacial score (nSPS) is 12.8. The molecular weight excluding hydrogens is 905 g/mol. The zero-order chi connectivity index (χ0) is 51.0. The van der Waals surface area contributed by atoms with Crippen molar-refractivity contribution in [1.82, 2.24) is 0 Å². The van der Waals surface area contributed by atoms with Gasteiger partial charge in [-0.15, -0.1) is 0 Å². The van der Waals surface area contributed by atoms with Gasteiger partial charge in [-0.3, -0.25) is 0 Å². The molecule has 0 heterocycles. The van der Waals surface area contributed by atoms with E-state index in [0.29, 0.717) is 33.2 Å². The maximum absolute atomic E-state index is 10.5. The van der Waals surface area contributed by atoms with Crippen molar-refractivity contribution < 1.29 is 27.9 Å². The van der Waals surface area contributed by atoms with Crippen LogP contribution in [0, 0.1) is 0 Å². The fraction of sp³-hybridized carbons (Fsp3) is 0.517. The summed E-state index contributed by atoms with van der Waals surface area (Å²) in [6.07, 6.45) is 8.22. The Kier molecular flexibility index (Phi) is 22.6. The van der Waals surface area contributed by atoms with E-state index in [2.05, 4.69) is 191 Å². The molecule has 4 aromatic rings. The second-order valence-electron chi connectivity index (χ2n) is 20.9. The first-order valence-corrected chi connectivity index (χ1v) is 35.4. The highest BCUT2D eigenvalue weighted by atomic mass is 28.4. The van der Waals surface area contributed by atoms with E-state index in [-0.39, 0.29) is 11.5 Å². The molecular formula is C58H92O6Si4. The summed E-state index contributed by atoms with van der Waals surface area (Å²) < 4.78 is 26.5. The van der Waals surface area contributed by atoms with Crippen molar-refractivity contribution in [3.05, 3.63) is 107 Å². The van der Waals surface area contributed by atoms with Gasteiger partial charge in [0.2, 0.25) is 16.6 Å². The molecule has 0 radical (unpaired) electrons. The van der Waals surface area contributed by atoms with Crippen LogP contribution in [-0.4, -0.2) is 43.5 Å². The Morgan fingerprint density at radius 3 is 0.882 bits per heavy atom. The van der Waals surface area contributed by atoms with E-state index in [4.69, 9.17) is 17.7 Å². The Labute approximate surface area is 419 Å². The minimum absolute atomic E-state index is 0.234. The number of rotatable bonds is 24. The number of hydrogen-bond acceptors (Lipinski definition) is 6. The first-order valence-electron chi connectivity index (χ1n) is 26.0. The van der Waals surface area contributed by atoms with Gasteiger partial charge in [0.05, 0.1) is 0 Å². The highest BCUT2D eigenvalue weighted by molar-refractivity contribution is 6.79. The van der Waals surface area contributed by atoms with Gasteiger partial charge in [0.25, 0.3) is 16.6 Å². The van der Waals surface area contributed by atoms with E-state index in [1.165, 1.54) is 0 Å². The van der Waals surface area contributed by atoms with Gasteiger partial charge in [0, 0.05) is 12.1 Å². The van der Waals surface area contributed by atoms with Crippen molar-refractivity contribution in [3.63, 3.8) is 0 Å². The molecule has 0 saturated carbocycles. The van der Waals surface area contributed by atoms with Crippen LogP contribution in [0.4, 0.5) is 0 Å². The van der Waals surface area contributed by atoms with Gasteiger partial charge < -0.3 is 27.9 Å². The van der Waals surface area contributed by atoms with E-state index >= 15 is 0 Å². The third kappa shape index (κ3) is 15.0. The molecule has 0 aliphatic rings. The third-order valence-corrected chi connectivity index (χ3v) is 36.1. The molecule has 6 nitrogen and oxygen atoms in total. The molecule has 4 aromatic carbocycles. The molecule has 0 atom stereocenters. The van der Waals surface area contributed by atoms with Crippen molar-refractivity contribution in [3.8, 4) is 34.5 Å². The van der Waals surface area contributed by atoms with E-state index in [1.54, 1.807) is 24.3 Å². The standard InChI is InChI=1S/C32H52O3Si2.C26H40O3Si2/c1-22(2)36(23(3)4,24(5)6)34-31-17-15-28(16-18-31)13-14-29-19-30(33)21-32(20-29)35-37(25(7)8,26(9)10)27(11)12;1-7-30(8-2,9-3)28-25-17-15-22(16-18-25)13-14-23-19-24(27)21-26(20-23)29-31(10-4,11-5)12-6/h13-27,33H,1-12H3;13-21,27H,7-12H2,1-6H3/b2*14-13+. The van der Waals surface area contributed by atoms with Crippen LogP contribution in [0.15, 0.2) is 84.9 Å². The zero-order valence-corrected chi connectivity index (χ0v) is 49.6. The molecule has 10 heteroatoms. The van der Waals surface area contributed by atoms with Gasteiger partial charge in [-0.1, -0.05) is 173 Å².